The molecule has 0 saturated carbocycles. The van der Waals surface area contributed by atoms with Crippen LogP contribution in [0.4, 0.5) is 17.5 Å². The first-order valence-electron chi connectivity index (χ1n) is 43.1. The monoisotopic (exact) mass is 2280 g/mol. The van der Waals surface area contributed by atoms with Crippen molar-refractivity contribution in [2.75, 3.05) is 64.0 Å². The summed E-state index contributed by atoms with van der Waals surface area (Å²) in [6, 6.07) is 0. The van der Waals surface area contributed by atoms with Crippen LogP contribution >= 0.6 is 133 Å². The normalized spacial score (nSPS) is 29.7. The predicted octanol–water partition coefficient (Wildman–Crippen LogP) is 6.27. The van der Waals surface area contributed by atoms with Gasteiger partial charge in [0.1, 0.15) is 140 Å². The van der Waals surface area contributed by atoms with Crippen molar-refractivity contribution in [3.05, 3.63) is 188 Å². The summed E-state index contributed by atoms with van der Waals surface area (Å²) in [5, 5.41) is 0. The lowest BCUT2D eigenvalue weighted by Crippen LogP contribution is -2.33. The molecule has 0 aliphatic carbocycles. The number of H-pyrrole nitrogens is 4. The van der Waals surface area contributed by atoms with E-state index in [1.165, 1.54) is 67.9 Å². The van der Waals surface area contributed by atoms with Gasteiger partial charge < -0.3 is 54.9 Å². The van der Waals surface area contributed by atoms with E-state index in [-0.39, 0.29) is 83.0 Å². The molecule has 15 rings (SSSR count). The summed E-state index contributed by atoms with van der Waals surface area (Å²) in [5.41, 5.74) is 10.6. The largest absolute Gasteiger partial charge is 0.386 e. The Kier molecular flexibility index (Phi) is 34.6. The third-order valence-electron chi connectivity index (χ3n) is 23.7. The van der Waals surface area contributed by atoms with Crippen molar-refractivity contribution in [3.8, 4) is 0 Å². The second kappa shape index (κ2) is 44.7. The van der Waals surface area contributed by atoms with Gasteiger partial charge >= 0.3 is 81.7 Å². The standard InChI is InChI=1S/C72H98N19O38P7S7/c1-9-37-38(10-51(116-37)85-17-31(2)59(73)79-67(85)96)124-131(103,138)110-24-46-40(12-53(118-46)87-19-33(4)63(92)81-69(87)98)126-133(105,140)112-25-47-42(14-55(119-47)89-21-35(6)65(94)83-71(89)100)127-134(106,141)113-26-48-43(15-56(120-48)90-22-36(7)66(95)84-72(90)101)128-135(107,142)115-28-50-44(16-57(122-50)91-30-78-58-61(75)76-29-77-62(58)91)129-136(108,143)114-27-49-41(13-54(121-49)88-20-34(5)64(93)82-70(88)99)125-132(104,139)111-23-45-39(123-130(102,137)109-8)11-52(117-45)86-18-32(3)60(74)80-68(86)97/h17-22,29-30,37-57H,9-16,23-28H2,1-8H3,(H,102,137)(H,103,138)(H,104,139)(H,105,140)(H,106,141)(H,107,142)(H,108,143)(H2,73,79,96)(H2,74,80,97)(H2,75,76,77)(H,81,92,98)(H,82,93,99)(H,83,94,100)(H,84,95,101)/t37-,38?,39?,40?,41?,42?,43?,44?,45-,46-,47-,48-,49-,50-,51-,52-,53-,54-,55-,56-,57-,130?,131?,132?,133?,134?,135?,136?/m1/s1. The lowest BCUT2D eigenvalue weighted by Gasteiger charge is -2.27. The summed E-state index contributed by atoms with van der Waals surface area (Å²) in [7, 11) is 1.06. The maximum absolute atomic E-state index is 15.0. The molecule has 8 aromatic rings. The molecule has 7 saturated heterocycles. The van der Waals surface area contributed by atoms with Crippen LogP contribution in [0.1, 0.15) is 135 Å². The van der Waals surface area contributed by atoms with Gasteiger partial charge in [0, 0.05) is 123 Å². The molecule has 0 spiro atoms. The molecule has 0 radical (unpaired) electrons. The van der Waals surface area contributed by atoms with Crippen LogP contribution in [-0.2, 0) is 128 Å². The molecule has 10 N–H and O–H groups in total. The number of anilines is 3. The van der Waals surface area contributed by atoms with E-state index >= 15 is 4.57 Å². The number of aryl methyl sites for hydroxylation is 6. The Labute approximate surface area is 842 Å². The lowest BCUT2D eigenvalue weighted by molar-refractivity contribution is -0.0538. The van der Waals surface area contributed by atoms with Crippen LogP contribution in [0.3, 0.4) is 0 Å². The number of nitrogens with two attached hydrogens (primary N) is 3. The number of aromatic amines is 4. The minimum Gasteiger partial charge on any atom is -0.383 e. The highest BCUT2D eigenvalue weighted by atomic mass is 32.7. The zero-order valence-electron chi connectivity index (χ0n) is 76.0. The van der Waals surface area contributed by atoms with Gasteiger partial charge in [-0.2, -0.15) is 9.97 Å². The van der Waals surface area contributed by atoms with Gasteiger partial charge in [0.2, 0.25) is 0 Å². The molecule has 7 fully saturated rings. The number of nitrogens with zero attached hydrogens (tertiary/aromatic N) is 12. The first-order chi connectivity index (χ1) is 67.1. The van der Waals surface area contributed by atoms with Crippen molar-refractivity contribution in [2.24, 2.45) is 0 Å². The van der Waals surface area contributed by atoms with E-state index < -0.39 is 285 Å². The van der Waals surface area contributed by atoms with Gasteiger partial charge in [-0.1, -0.05) is 92.7 Å². The molecular formula is C72H98N19O38P7S7. The minimum absolute atomic E-state index is 0.00382. The van der Waals surface area contributed by atoms with Crippen molar-refractivity contribution < 1.29 is 128 Å². The fourth-order valence-electron chi connectivity index (χ4n) is 16.4. The van der Waals surface area contributed by atoms with Crippen LogP contribution in [0.5, 0.6) is 0 Å². The van der Waals surface area contributed by atoms with Crippen LogP contribution in [0.25, 0.3) is 11.2 Å². The molecule has 0 bridgehead atoms. The summed E-state index contributed by atoms with van der Waals surface area (Å²) in [6.45, 7) is -27.4. The quantitative estimate of drug-likeness (QED) is 0.0148. The van der Waals surface area contributed by atoms with Gasteiger partial charge in [0.05, 0.1) is 58.2 Å². The van der Waals surface area contributed by atoms with E-state index in [0.717, 1.165) is 48.7 Å². The zero-order valence-corrected chi connectivity index (χ0v) is 88.5. The smallest absolute Gasteiger partial charge is 0.383 e. The summed E-state index contributed by atoms with van der Waals surface area (Å²) in [6.07, 6.45) is -20.6. The topological polar surface area (TPSA) is 724 Å². The SMILES string of the molecule is CC[C@H]1O[C@@H](n2cc(C)c(N)nc2=O)CC1OP(=O)(S)OC[C@H]1O[C@@H](n2cc(C)c(=O)[nH]c2=O)CC1OP(=O)(S)OC[C@H]1O[C@@H](n2cc(C)c(=O)[nH]c2=O)CC1OP(=O)(S)OC[C@H]1O[C@@H](n2cc(C)c(=O)[nH]c2=O)CC1OP(=O)(S)OC[C@H]1O[C@@H](n2cnc3c(N)ncnc32)CC1OP(=O)(S)OC[C@H]1O[C@@H](n2cc(C)c(=O)[nH]c2=O)CC1OP(=O)(S)OC[C@H]1O[C@@H](n2cc(C)c(N)nc2=O)CC1OP(=O)(S)OC. The zero-order chi connectivity index (χ0) is 104. The van der Waals surface area contributed by atoms with Crippen molar-refractivity contribution in [2.45, 2.75) is 229 Å². The highest BCUT2D eigenvalue weighted by Gasteiger charge is 2.53. The van der Waals surface area contributed by atoms with Crippen LogP contribution < -0.4 is 73.6 Å². The third-order valence-corrected chi connectivity index (χ3v) is 35.3. The van der Waals surface area contributed by atoms with E-state index in [1.807, 2.05) is 0 Å². The first kappa shape index (κ1) is 111. The van der Waals surface area contributed by atoms with Gasteiger partial charge in [0.25, 0.3) is 22.2 Å². The van der Waals surface area contributed by atoms with Gasteiger partial charge in [-0.15, -0.1) is 0 Å². The number of nitrogens with one attached hydrogen (secondary N) is 4. The van der Waals surface area contributed by atoms with E-state index in [9.17, 15) is 75.3 Å². The summed E-state index contributed by atoms with van der Waals surface area (Å²) < 4.78 is 235. The number of aromatic nitrogens is 16. The van der Waals surface area contributed by atoms with Crippen molar-refractivity contribution in [3.63, 3.8) is 0 Å². The van der Waals surface area contributed by atoms with Crippen LogP contribution in [-0.4, -0.2) is 209 Å². The number of hydrogen-bond donors (Lipinski definition) is 14. The molecule has 0 aromatic carbocycles. The average Bonchev–Trinajstić information content (AvgIpc) is 1.62. The second-order valence-corrected chi connectivity index (χ2v) is 53.9. The first-order valence-corrected chi connectivity index (χ1v) is 62.0. The Morgan fingerprint density at radius 3 is 0.818 bits per heavy atom. The Morgan fingerprint density at radius 2 is 0.559 bits per heavy atom. The summed E-state index contributed by atoms with van der Waals surface area (Å²) in [5.74, 6) is -0.102. The Balaban J connectivity index is 0.635. The van der Waals surface area contributed by atoms with Crippen LogP contribution in [0.15, 0.2) is 97.8 Å². The lowest BCUT2D eigenvalue weighted by atomic mass is 10.1. The molecule has 8 aromatic heterocycles. The Hall–Kier alpha value is -6.35. The Morgan fingerprint density at radius 1 is 0.329 bits per heavy atom. The number of nitrogen functional groups attached to an aromatic ring is 3. The highest BCUT2D eigenvalue weighted by molar-refractivity contribution is 8.46. The molecule has 14 unspecified atom stereocenters. The molecular weight excluding hydrogens is 2180 g/mol. The van der Waals surface area contributed by atoms with Crippen molar-refractivity contribution in [1.29, 1.82) is 0 Å². The van der Waals surface area contributed by atoms with Gasteiger partial charge in [0.15, 0.2) is 11.5 Å². The Bertz CT molecular complexity index is 7180. The molecule has 28 atom stereocenters. The molecule has 57 nitrogen and oxygen atoms in total. The molecule has 7 aliphatic rings. The minimum atomic E-state index is -4.94. The van der Waals surface area contributed by atoms with Crippen LogP contribution in [0.2, 0.25) is 0 Å². The maximum Gasteiger partial charge on any atom is 0.386 e. The fourth-order valence-corrected chi connectivity index (χ4v) is 26.6. The van der Waals surface area contributed by atoms with Crippen LogP contribution in [0, 0.1) is 41.5 Å². The number of thiol groups is 7. The number of ether oxygens (including phenoxy) is 7. The number of hydrogen-bond acceptors (Lipinski definition) is 46. The molecule has 786 valence electrons. The van der Waals surface area contributed by atoms with Gasteiger partial charge in [-0.05, 0) is 48.0 Å². The third kappa shape index (κ3) is 26.8. The summed E-state index contributed by atoms with van der Waals surface area (Å²) in [4.78, 5) is 159. The predicted molar refractivity (Wildman–Crippen MR) is 522 cm³/mol. The maximum atomic E-state index is 15.0. The van der Waals surface area contributed by atoms with Gasteiger partial charge in [-0.3, -0.25) is 130 Å². The van der Waals surface area contributed by atoms with Crippen molar-refractivity contribution >= 4 is 162 Å². The van der Waals surface area contributed by atoms with E-state index in [1.54, 1.807) is 20.8 Å². The molecule has 15 heterocycles. The molecule has 71 heteroatoms. The van der Waals surface area contributed by atoms with E-state index in [2.05, 4.69) is 131 Å². The second-order valence-electron chi connectivity index (χ2n) is 33.7. The highest BCUT2D eigenvalue weighted by Crippen LogP contribution is 2.65. The number of fused-ring (bicyclic) bond motifs is 1. The number of rotatable bonds is 41. The molecule has 0 amide bonds. The van der Waals surface area contributed by atoms with E-state index in [4.69, 9.17) is 114 Å². The molecule has 143 heavy (non-hydrogen) atoms. The molecule has 7 aliphatic heterocycles. The average molecular weight is 2280 g/mol. The number of imidazole rings is 1. The fraction of sp³-hybridized carbons (Fsp3) is 0.597. The van der Waals surface area contributed by atoms with Crippen molar-refractivity contribution in [1.82, 2.24) is 76.8 Å². The van der Waals surface area contributed by atoms with Gasteiger partial charge in [-0.25, -0.2) is 75.7 Å². The van der Waals surface area contributed by atoms with E-state index in [0.29, 0.717) is 17.5 Å². The summed E-state index contributed by atoms with van der Waals surface area (Å²) >= 11 is 29.8.